The number of rotatable bonds is 9. The van der Waals surface area contributed by atoms with E-state index in [1.807, 2.05) is 6.07 Å². The summed E-state index contributed by atoms with van der Waals surface area (Å²) in [6.07, 6.45) is 1.00. The molecule has 35 heavy (non-hydrogen) atoms. The SMILES string of the molecule is C/C([NH2+]c1ccc(F)cc1)=C(/C=N)C(=O)Nc1ccc(N2CCN(CCN(C)C)CC2)c(C#N)c1. The van der Waals surface area contributed by atoms with Gasteiger partial charge in [0.2, 0.25) is 0 Å². The molecule has 3 rings (SSSR count). The van der Waals surface area contributed by atoms with E-state index in [0.29, 0.717) is 16.9 Å². The van der Waals surface area contributed by atoms with Gasteiger partial charge in [-0.2, -0.15) is 5.26 Å². The fraction of sp³-hybridized carbons (Fsp3) is 0.346. The molecule has 0 radical (unpaired) electrons. The molecule has 1 aliphatic heterocycles. The average molecular weight is 479 g/mol. The van der Waals surface area contributed by atoms with E-state index in [9.17, 15) is 14.4 Å². The van der Waals surface area contributed by atoms with Gasteiger partial charge in [0.15, 0.2) is 0 Å². The molecule has 184 valence electrons. The Morgan fingerprint density at radius 2 is 1.89 bits per heavy atom. The van der Waals surface area contributed by atoms with E-state index in [0.717, 1.165) is 56.9 Å². The van der Waals surface area contributed by atoms with Crippen LogP contribution in [0, 0.1) is 22.6 Å². The summed E-state index contributed by atoms with van der Waals surface area (Å²) in [5.41, 5.74) is 3.35. The first-order chi connectivity index (χ1) is 16.8. The number of quaternary nitrogens is 1. The van der Waals surface area contributed by atoms with Gasteiger partial charge >= 0.3 is 0 Å². The summed E-state index contributed by atoms with van der Waals surface area (Å²) < 4.78 is 13.1. The maximum absolute atomic E-state index is 13.1. The molecular weight excluding hydrogens is 445 g/mol. The Labute approximate surface area is 206 Å². The number of anilines is 2. The Kier molecular flexibility index (Phi) is 9.09. The molecule has 0 aliphatic carbocycles. The van der Waals surface area contributed by atoms with Crippen LogP contribution in [0.5, 0.6) is 0 Å². The normalized spacial score (nSPS) is 14.9. The molecular formula is C26H33FN7O+. The minimum absolute atomic E-state index is 0.186. The largest absolute Gasteiger partial charge is 0.368 e. The van der Waals surface area contributed by atoms with E-state index in [-0.39, 0.29) is 11.4 Å². The molecule has 9 heteroatoms. The van der Waals surface area contributed by atoms with Crippen LogP contribution in [0.4, 0.5) is 21.5 Å². The molecule has 0 saturated carbocycles. The lowest BCUT2D eigenvalue weighted by atomic mass is 10.1. The zero-order valence-corrected chi connectivity index (χ0v) is 20.5. The van der Waals surface area contributed by atoms with E-state index in [4.69, 9.17) is 5.41 Å². The third kappa shape index (κ3) is 7.20. The standard InChI is InChI=1S/C26H32FN7O/c1-19(30-22-6-4-21(27)5-7-22)24(18-29)26(35)31-23-8-9-25(20(16-23)17-28)34-14-12-33(13-15-34)11-10-32(2)3/h4-9,16,18,29-30H,10-15H2,1-3H3,(H,31,35)/p+1/b24-19+,29-18?. The molecule has 0 unspecified atom stereocenters. The Morgan fingerprint density at radius 1 is 1.20 bits per heavy atom. The third-order valence-corrected chi connectivity index (χ3v) is 6.02. The van der Waals surface area contributed by atoms with Crippen LogP contribution in [0.1, 0.15) is 12.5 Å². The number of carbonyl (C=O) groups excluding carboxylic acids is 1. The number of allylic oxidation sites excluding steroid dienone is 1. The molecule has 2 aromatic carbocycles. The first-order valence-corrected chi connectivity index (χ1v) is 11.6. The Hall–Kier alpha value is -3.58. The van der Waals surface area contributed by atoms with Gasteiger partial charge in [0.25, 0.3) is 5.91 Å². The molecule has 2 aromatic rings. The highest BCUT2D eigenvalue weighted by molar-refractivity contribution is 6.17. The second-order valence-electron chi connectivity index (χ2n) is 8.87. The zero-order valence-electron chi connectivity index (χ0n) is 20.5. The van der Waals surface area contributed by atoms with E-state index >= 15 is 0 Å². The number of amides is 1. The number of carbonyl (C=O) groups is 1. The first-order valence-electron chi connectivity index (χ1n) is 11.6. The van der Waals surface area contributed by atoms with Gasteiger partial charge in [-0.3, -0.25) is 15.0 Å². The van der Waals surface area contributed by atoms with Crippen molar-refractivity contribution in [3.8, 4) is 6.07 Å². The molecule has 0 spiro atoms. The minimum atomic E-state index is -0.443. The van der Waals surface area contributed by atoms with Crippen LogP contribution in [-0.2, 0) is 4.79 Å². The number of hydrogen-bond donors (Lipinski definition) is 3. The number of piperazine rings is 1. The predicted octanol–water partition coefficient (Wildman–Crippen LogP) is 2.14. The molecule has 4 N–H and O–H groups in total. The molecule has 0 atom stereocenters. The third-order valence-electron chi connectivity index (χ3n) is 6.02. The number of likely N-dealkylation sites (N-methyl/N-ethyl adjacent to an activating group) is 1. The molecule has 0 aromatic heterocycles. The van der Waals surface area contributed by atoms with Crippen molar-refractivity contribution in [3.05, 3.63) is 65.1 Å². The van der Waals surface area contributed by atoms with Gasteiger partial charge in [-0.25, -0.2) is 4.39 Å². The van der Waals surface area contributed by atoms with Crippen LogP contribution in [0.25, 0.3) is 0 Å². The van der Waals surface area contributed by atoms with Crippen LogP contribution in [0.3, 0.4) is 0 Å². The van der Waals surface area contributed by atoms with Crippen molar-refractivity contribution in [2.45, 2.75) is 6.92 Å². The second kappa shape index (κ2) is 12.2. The van der Waals surface area contributed by atoms with Gasteiger partial charge < -0.3 is 20.5 Å². The summed E-state index contributed by atoms with van der Waals surface area (Å²) in [5.74, 6) is -0.779. The number of benzene rings is 2. The first kappa shape index (κ1) is 26.0. The fourth-order valence-corrected chi connectivity index (χ4v) is 3.98. The van der Waals surface area contributed by atoms with Crippen molar-refractivity contribution in [1.29, 1.82) is 10.7 Å². The van der Waals surface area contributed by atoms with Crippen LogP contribution in [0.2, 0.25) is 0 Å². The van der Waals surface area contributed by atoms with Crippen molar-refractivity contribution in [2.75, 3.05) is 63.6 Å². The second-order valence-corrected chi connectivity index (χ2v) is 8.87. The Bertz CT molecular complexity index is 1110. The van der Waals surface area contributed by atoms with Crippen LogP contribution < -0.4 is 15.5 Å². The molecule has 1 aliphatic rings. The van der Waals surface area contributed by atoms with Gasteiger partial charge in [0, 0.05) is 70.2 Å². The number of halogens is 1. The highest BCUT2D eigenvalue weighted by Gasteiger charge is 2.20. The lowest BCUT2D eigenvalue weighted by Gasteiger charge is -2.37. The molecule has 1 heterocycles. The van der Waals surface area contributed by atoms with Gasteiger partial charge in [-0.05, 0) is 44.4 Å². The summed E-state index contributed by atoms with van der Waals surface area (Å²) >= 11 is 0. The Morgan fingerprint density at radius 3 is 2.49 bits per heavy atom. The highest BCUT2D eigenvalue weighted by Crippen LogP contribution is 2.25. The number of hydrogen-bond acceptors (Lipinski definition) is 6. The highest BCUT2D eigenvalue weighted by atomic mass is 19.1. The predicted molar refractivity (Wildman–Crippen MR) is 136 cm³/mol. The van der Waals surface area contributed by atoms with E-state index in [1.54, 1.807) is 36.5 Å². The van der Waals surface area contributed by atoms with Crippen molar-refractivity contribution in [2.24, 2.45) is 0 Å². The topological polar surface area (TPSA) is 103 Å². The molecule has 1 fully saturated rings. The summed E-state index contributed by atoms with van der Waals surface area (Å²) in [6.45, 7) is 7.33. The van der Waals surface area contributed by atoms with Crippen LogP contribution in [-0.4, -0.2) is 75.3 Å². The maximum atomic E-state index is 13.1. The van der Waals surface area contributed by atoms with Crippen LogP contribution in [0.15, 0.2) is 53.7 Å². The van der Waals surface area contributed by atoms with Crippen molar-refractivity contribution in [3.63, 3.8) is 0 Å². The Balaban J connectivity index is 1.67. The quantitative estimate of drug-likeness (QED) is 0.291. The summed E-state index contributed by atoms with van der Waals surface area (Å²) in [5, 5.41) is 22.0. The van der Waals surface area contributed by atoms with E-state index < -0.39 is 5.91 Å². The molecule has 8 nitrogen and oxygen atoms in total. The van der Waals surface area contributed by atoms with Gasteiger partial charge in [-0.15, -0.1) is 0 Å². The average Bonchev–Trinajstić information content (AvgIpc) is 2.85. The van der Waals surface area contributed by atoms with Crippen molar-refractivity contribution >= 4 is 29.2 Å². The molecule has 1 amide bonds. The smallest absolute Gasteiger partial charge is 0.262 e. The minimum Gasteiger partial charge on any atom is -0.368 e. The van der Waals surface area contributed by atoms with Crippen molar-refractivity contribution in [1.82, 2.24) is 9.80 Å². The monoisotopic (exact) mass is 478 g/mol. The number of nitrogens with zero attached hydrogens (tertiary/aromatic N) is 4. The summed E-state index contributed by atoms with van der Waals surface area (Å²) in [6, 6.07) is 13.5. The lowest BCUT2D eigenvalue weighted by molar-refractivity contribution is -0.517. The van der Waals surface area contributed by atoms with Gasteiger partial charge in [0.1, 0.15) is 28.8 Å². The molecule has 0 bridgehead atoms. The van der Waals surface area contributed by atoms with Crippen molar-refractivity contribution < 1.29 is 14.5 Å². The molecule has 1 saturated heterocycles. The lowest BCUT2D eigenvalue weighted by Crippen LogP contribution is -2.75. The zero-order chi connectivity index (χ0) is 25.4. The fourth-order valence-electron chi connectivity index (χ4n) is 3.98. The summed E-state index contributed by atoms with van der Waals surface area (Å²) in [4.78, 5) is 19.7. The maximum Gasteiger partial charge on any atom is 0.262 e. The van der Waals surface area contributed by atoms with E-state index in [1.165, 1.54) is 12.1 Å². The summed E-state index contributed by atoms with van der Waals surface area (Å²) in [7, 11) is 4.14. The number of nitrogens with two attached hydrogens (primary N) is 1. The number of nitriles is 1. The van der Waals surface area contributed by atoms with Crippen LogP contribution >= 0.6 is 0 Å². The van der Waals surface area contributed by atoms with E-state index in [2.05, 4.69) is 40.2 Å². The van der Waals surface area contributed by atoms with Gasteiger partial charge in [-0.1, -0.05) is 0 Å². The van der Waals surface area contributed by atoms with Gasteiger partial charge in [0.05, 0.1) is 11.3 Å². The number of nitrogens with one attached hydrogen (secondary N) is 2.